The number of rotatable bonds is 8. The molecule has 0 aliphatic heterocycles. The molecule has 0 aliphatic rings. The second-order valence-corrected chi connectivity index (χ2v) is 3.46. The van der Waals surface area contributed by atoms with Crippen LogP contribution in [0.2, 0.25) is 0 Å². The molecule has 0 bridgehead atoms. The van der Waals surface area contributed by atoms with Crippen LogP contribution in [0.15, 0.2) is 0 Å². The first-order chi connectivity index (χ1) is 8.32. The van der Waals surface area contributed by atoms with Gasteiger partial charge in [0.05, 0.1) is 6.42 Å². The van der Waals surface area contributed by atoms with Gasteiger partial charge in [-0.25, -0.2) is 9.59 Å². The fourth-order valence-electron chi connectivity index (χ4n) is 1.05. The third kappa shape index (κ3) is 7.91. The van der Waals surface area contributed by atoms with Crippen molar-refractivity contribution in [1.82, 2.24) is 10.6 Å². The molecule has 0 rings (SSSR count). The predicted octanol–water partition coefficient (Wildman–Crippen LogP) is -1.52. The Morgan fingerprint density at radius 1 is 1.17 bits per heavy atom. The number of carbonyl (C=O) groups excluding carboxylic acids is 2. The van der Waals surface area contributed by atoms with Crippen molar-refractivity contribution in [1.29, 1.82) is 0 Å². The predicted molar refractivity (Wildman–Crippen MR) is 58.6 cm³/mol. The van der Waals surface area contributed by atoms with Crippen LogP contribution in [0.4, 0.5) is 4.79 Å². The zero-order valence-corrected chi connectivity index (χ0v) is 9.51. The normalized spacial score (nSPS) is 11.3. The number of hydrogen-bond acceptors (Lipinski definition) is 4. The minimum atomic E-state index is -1.50. The van der Waals surface area contributed by atoms with Gasteiger partial charge in [0, 0.05) is 13.0 Å². The van der Waals surface area contributed by atoms with E-state index in [9.17, 15) is 19.2 Å². The van der Waals surface area contributed by atoms with E-state index in [-0.39, 0.29) is 13.0 Å². The molecule has 0 spiro atoms. The van der Waals surface area contributed by atoms with Gasteiger partial charge in [-0.15, -0.1) is 0 Å². The summed E-state index contributed by atoms with van der Waals surface area (Å²) in [6.45, 7) is 0.133. The molecular weight excluding hydrogens is 246 g/mol. The average molecular weight is 261 g/mol. The van der Waals surface area contributed by atoms with Crippen molar-refractivity contribution < 1.29 is 29.4 Å². The minimum Gasteiger partial charge on any atom is -0.481 e. The van der Waals surface area contributed by atoms with E-state index in [0.29, 0.717) is 6.42 Å². The van der Waals surface area contributed by atoms with Gasteiger partial charge in [0.15, 0.2) is 0 Å². The number of carboxylic acid groups (broad SMARTS) is 2. The van der Waals surface area contributed by atoms with Gasteiger partial charge in [0.1, 0.15) is 6.04 Å². The smallest absolute Gasteiger partial charge is 0.326 e. The zero-order chi connectivity index (χ0) is 14.1. The summed E-state index contributed by atoms with van der Waals surface area (Å²) in [5.41, 5.74) is 4.87. The van der Waals surface area contributed by atoms with Crippen LogP contribution in [-0.4, -0.2) is 46.7 Å². The number of nitrogens with one attached hydrogen (secondary N) is 2. The van der Waals surface area contributed by atoms with Crippen LogP contribution in [0.25, 0.3) is 0 Å². The second-order valence-electron chi connectivity index (χ2n) is 3.46. The summed E-state index contributed by atoms with van der Waals surface area (Å²) in [7, 11) is 0. The molecule has 3 amide bonds. The molecular formula is C9H15N3O6. The van der Waals surface area contributed by atoms with Crippen LogP contribution in [0.1, 0.15) is 19.3 Å². The lowest BCUT2D eigenvalue weighted by Gasteiger charge is -2.12. The van der Waals surface area contributed by atoms with Crippen molar-refractivity contribution in [3.05, 3.63) is 0 Å². The van der Waals surface area contributed by atoms with E-state index in [2.05, 4.69) is 5.32 Å². The quantitative estimate of drug-likeness (QED) is 0.333. The zero-order valence-electron chi connectivity index (χ0n) is 9.51. The lowest BCUT2D eigenvalue weighted by Crippen LogP contribution is -2.47. The Balaban J connectivity index is 3.99. The highest BCUT2D eigenvalue weighted by Crippen LogP contribution is 1.93. The maximum absolute atomic E-state index is 11.2. The molecule has 0 radical (unpaired) electrons. The number of carbonyl (C=O) groups is 4. The molecule has 0 aromatic rings. The van der Waals surface area contributed by atoms with Crippen molar-refractivity contribution >= 4 is 23.9 Å². The van der Waals surface area contributed by atoms with Crippen molar-refractivity contribution in [2.45, 2.75) is 25.3 Å². The van der Waals surface area contributed by atoms with Gasteiger partial charge >= 0.3 is 18.0 Å². The van der Waals surface area contributed by atoms with Crippen LogP contribution in [0.3, 0.4) is 0 Å². The third-order valence-electron chi connectivity index (χ3n) is 1.87. The number of carboxylic acids is 2. The van der Waals surface area contributed by atoms with Crippen LogP contribution in [0.5, 0.6) is 0 Å². The molecule has 0 heterocycles. The monoisotopic (exact) mass is 261 g/mol. The Bertz CT molecular complexity index is 343. The van der Waals surface area contributed by atoms with Crippen LogP contribution in [0, 0.1) is 0 Å². The molecule has 0 fully saturated rings. The number of aliphatic carboxylic acids is 2. The molecule has 0 saturated heterocycles. The maximum atomic E-state index is 11.2. The van der Waals surface area contributed by atoms with Crippen molar-refractivity contribution in [2.24, 2.45) is 5.73 Å². The summed E-state index contributed by atoms with van der Waals surface area (Å²) in [6, 6.07) is -2.31. The molecule has 0 saturated carbocycles. The van der Waals surface area contributed by atoms with E-state index in [4.69, 9.17) is 15.9 Å². The number of primary amides is 1. The number of hydrogen-bond donors (Lipinski definition) is 5. The van der Waals surface area contributed by atoms with Crippen molar-refractivity contribution in [3.63, 3.8) is 0 Å². The first kappa shape index (κ1) is 15.7. The van der Waals surface area contributed by atoms with Crippen LogP contribution < -0.4 is 16.4 Å². The molecule has 0 aliphatic carbocycles. The molecule has 9 heteroatoms. The highest BCUT2D eigenvalue weighted by atomic mass is 16.4. The van der Waals surface area contributed by atoms with Crippen molar-refractivity contribution in [2.75, 3.05) is 6.54 Å². The lowest BCUT2D eigenvalue weighted by atomic mass is 10.2. The Morgan fingerprint density at radius 2 is 1.78 bits per heavy atom. The highest BCUT2D eigenvalue weighted by Gasteiger charge is 2.22. The van der Waals surface area contributed by atoms with Gasteiger partial charge in [-0.3, -0.25) is 9.59 Å². The standard InChI is InChI=1S/C9H15N3O6/c10-6(13)2-1-3-11-9(18)12-5(8(16)17)4-7(14)15/h5H,1-4H2,(H2,10,13)(H,14,15)(H,16,17)(H2,11,12,18)/t5-/m1/s1. The summed E-state index contributed by atoms with van der Waals surface area (Å²) >= 11 is 0. The molecule has 9 nitrogen and oxygen atoms in total. The lowest BCUT2D eigenvalue weighted by molar-refractivity contribution is -0.145. The SMILES string of the molecule is NC(=O)CCCNC(=O)N[C@H](CC(=O)O)C(=O)O. The third-order valence-corrected chi connectivity index (χ3v) is 1.87. The fourth-order valence-corrected chi connectivity index (χ4v) is 1.05. The second kappa shape index (κ2) is 7.87. The molecule has 0 aromatic carbocycles. The summed E-state index contributed by atoms with van der Waals surface area (Å²) in [5.74, 6) is -3.28. The van der Waals surface area contributed by atoms with E-state index in [1.165, 1.54) is 0 Å². The molecule has 0 aromatic heterocycles. The molecule has 102 valence electrons. The summed E-state index contributed by atoms with van der Waals surface area (Å²) in [6.07, 6.45) is -0.304. The molecule has 6 N–H and O–H groups in total. The van der Waals surface area contributed by atoms with Gasteiger partial charge in [-0.05, 0) is 6.42 Å². The largest absolute Gasteiger partial charge is 0.481 e. The van der Waals surface area contributed by atoms with Gasteiger partial charge in [0.25, 0.3) is 0 Å². The maximum Gasteiger partial charge on any atom is 0.326 e. The summed E-state index contributed by atoms with van der Waals surface area (Å²) in [4.78, 5) is 42.5. The van der Waals surface area contributed by atoms with Gasteiger partial charge in [-0.1, -0.05) is 0 Å². The summed E-state index contributed by atoms with van der Waals surface area (Å²) < 4.78 is 0. The molecule has 1 atom stereocenters. The first-order valence-corrected chi connectivity index (χ1v) is 5.10. The Morgan fingerprint density at radius 3 is 2.22 bits per heavy atom. The minimum absolute atomic E-state index is 0.0950. The average Bonchev–Trinajstić information content (AvgIpc) is 2.22. The van der Waals surface area contributed by atoms with Gasteiger partial charge in [0.2, 0.25) is 5.91 Å². The molecule has 18 heavy (non-hydrogen) atoms. The van der Waals surface area contributed by atoms with Gasteiger partial charge in [-0.2, -0.15) is 0 Å². The van der Waals surface area contributed by atoms with E-state index < -0.39 is 36.3 Å². The van der Waals surface area contributed by atoms with E-state index >= 15 is 0 Å². The number of urea groups is 1. The van der Waals surface area contributed by atoms with Crippen LogP contribution >= 0.6 is 0 Å². The first-order valence-electron chi connectivity index (χ1n) is 5.10. The Kier molecular flexibility index (Phi) is 6.86. The topological polar surface area (TPSA) is 159 Å². The number of nitrogens with two attached hydrogens (primary N) is 1. The Labute approximate surface area is 102 Å². The van der Waals surface area contributed by atoms with E-state index in [1.807, 2.05) is 5.32 Å². The summed E-state index contributed by atoms with van der Waals surface area (Å²) in [5, 5.41) is 21.4. The van der Waals surface area contributed by atoms with E-state index in [1.54, 1.807) is 0 Å². The molecule has 0 unspecified atom stereocenters. The van der Waals surface area contributed by atoms with Gasteiger partial charge < -0.3 is 26.6 Å². The van der Waals surface area contributed by atoms with Crippen LogP contribution in [-0.2, 0) is 14.4 Å². The fraction of sp³-hybridized carbons (Fsp3) is 0.556. The Hall–Kier alpha value is -2.32. The number of amides is 3. The van der Waals surface area contributed by atoms with Crippen molar-refractivity contribution in [3.8, 4) is 0 Å². The van der Waals surface area contributed by atoms with E-state index in [0.717, 1.165) is 0 Å². The highest BCUT2D eigenvalue weighted by molar-refractivity contribution is 5.86.